The van der Waals surface area contributed by atoms with Crippen molar-refractivity contribution in [1.82, 2.24) is 14.8 Å². The van der Waals surface area contributed by atoms with Gasteiger partial charge in [0.25, 0.3) is 0 Å². The van der Waals surface area contributed by atoms with Crippen LogP contribution in [0.15, 0.2) is 30.9 Å². The van der Waals surface area contributed by atoms with Crippen molar-refractivity contribution in [2.75, 3.05) is 11.9 Å². The van der Waals surface area contributed by atoms with E-state index in [1.807, 2.05) is 0 Å². The standard InChI is InChI=1S/C11H11FN4O2/c1-2-18-11(17)15-8-3-4-10(9(12)5-8)16-7-13-6-14-16/h3-7H,2H2,1H3,(H,15,17). The van der Waals surface area contributed by atoms with Gasteiger partial charge in [0.05, 0.1) is 6.61 Å². The number of nitrogens with zero attached hydrogens (tertiary/aromatic N) is 3. The molecule has 0 spiro atoms. The van der Waals surface area contributed by atoms with Crippen LogP contribution in [0.25, 0.3) is 5.69 Å². The number of halogens is 1. The van der Waals surface area contributed by atoms with Crippen LogP contribution in [0.2, 0.25) is 0 Å². The lowest BCUT2D eigenvalue weighted by Gasteiger charge is -2.07. The van der Waals surface area contributed by atoms with Crippen molar-refractivity contribution in [3.05, 3.63) is 36.7 Å². The molecule has 1 aromatic heterocycles. The summed E-state index contributed by atoms with van der Waals surface area (Å²) in [5.74, 6) is -0.519. The monoisotopic (exact) mass is 250 g/mol. The minimum absolute atomic E-state index is 0.252. The van der Waals surface area contributed by atoms with Crippen LogP contribution in [-0.4, -0.2) is 27.5 Å². The van der Waals surface area contributed by atoms with Crippen LogP contribution in [0.4, 0.5) is 14.9 Å². The summed E-state index contributed by atoms with van der Waals surface area (Å²) in [6.07, 6.45) is 2.08. The molecule has 0 fully saturated rings. The number of ether oxygens (including phenoxy) is 1. The highest BCUT2D eigenvalue weighted by molar-refractivity contribution is 5.84. The molecule has 0 aliphatic carbocycles. The maximum absolute atomic E-state index is 13.8. The second-order valence-corrected chi connectivity index (χ2v) is 3.35. The summed E-state index contributed by atoms with van der Waals surface area (Å²) in [7, 11) is 0. The Morgan fingerprint density at radius 1 is 1.56 bits per heavy atom. The summed E-state index contributed by atoms with van der Waals surface area (Å²) < 4.78 is 19.8. The molecule has 94 valence electrons. The fourth-order valence-corrected chi connectivity index (χ4v) is 1.39. The van der Waals surface area contributed by atoms with E-state index in [1.165, 1.54) is 29.5 Å². The van der Waals surface area contributed by atoms with Gasteiger partial charge in [-0.05, 0) is 25.1 Å². The molecular weight excluding hydrogens is 239 g/mol. The van der Waals surface area contributed by atoms with Gasteiger partial charge in [0.1, 0.15) is 18.3 Å². The maximum Gasteiger partial charge on any atom is 0.411 e. The quantitative estimate of drug-likeness (QED) is 0.904. The molecule has 0 bridgehead atoms. The van der Waals surface area contributed by atoms with Crippen LogP contribution < -0.4 is 5.32 Å². The fourth-order valence-electron chi connectivity index (χ4n) is 1.39. The molecule has 0 aliphatic heterocycles. The smallest absolute Gasteiger partial charge is 0.411 e. The molecule has 1 heterocycles. The number of hydrogen-bond acceptors (Lipinski definition) is 4. The molecule has 7 heteroatoms. The Bertz CT molecular complexity index is 542. The molecule has 0 saturated carbocycles. The van der Waals surface area contributed by atoms with Gasteiger partial charge in [0.15, 0.2) is 5.82 Å². The molecule has 0 atom stereocenters. The molecule has 18 heavy (non-hydrogen) atoms. The Morgan fingerprint density at radius 2 is 2.39 bits per heavy atom. The van der Waals surface area contributed by atoms with Crippen LogP contribution in [0.5, 0.6) is 0 Å². The van der Waals surface area contributed by atoms with Gasteiger partial charge in [-0.3, -0.25) is 5.32 Å². The van der Waals surface area contributed by atoms with Crippen LogP contribution >= 0.6 is 0 Å². The Balaban J connectivity index is 2.18. The van der Waals surface area contributed by atoms with Gasteiger partial charge in [0.2, 0.25) is 0 Å². The molecule has 1 aromatic carbocycles. The molecule has 1 N–H and O–H groups in total. The Hall–Kier alpha value is -2.44. The van der Waals surface area contributed by atoms with E-state index >= 15 is 0 Å². The van der Waals surface area contributed by atoms with Gasteiger partial charge in [-0.1, -0.05) is 0 Å². The summed E-state index contributed by atoms with van der Waals surface area (Å²) in [5.41, 5.74) is 0.566. The van der Waals surface area contributed by atoms with E-state index < -0.39 is 11.9 Å². The van der Waals surface area contributed by atoms with Crippen molar-refractivity contribution in [1.29, 1.82) is 0 Å². The summed E-state index contributed by atoms with van der Waals surface area (Å²) in [6, 6.07) is 4.23. The number of carbonyl (C=O) groups is 1. The molecular formula is C11H11FN4O2. The van der Waals surface area contributed by atoms with Gasteiger partial charge < -0.3 is 4.74 Å². The summed E-state index contributed by atoms with van der Waals surface area (Å²) in [5, 5.41) is 6.23. The lowest BCUT2D eigenvalue weighted by Crippen LogP contribution is -2.13. The number of amides is 1. The molecule has 6 nitrogen and oxygen atoms in total. The number of carbonyl (C=O) groups excluding carboxylic acids is 1. The normalized spacial score (nSPS) is 10.1. The zero-order valence-electron chi connectivity index (χ0n) is 9.63. The second kappa shape index (κ2) is 5.26. The number of hydrogen-bond donors (Lipinski definition) is 1. The molecule has 0 saturated heterocycles. The average molecular weight is 250 g/mol. The molecule has 2 rings (SSSR count). The predicted molar refractivity (Wildman–Crippen MR) is 62.0 cm³/mol. The second-order valence-electron chi connectivity index (χ2n) is 3.35. The lowest BCUT2D eigenvalue weighted by molar-refractivity contribution is 0.168. The Morgan fingerprint density at radius 3 is 3.00 bits per heavy atom. The summed E-state index contributed by atoms with van der Waals surface area (Å²) in [4.78, 5) is 14.9. The molecule has 1 amide bonds. The van der Waals surface area contributed by atoms with Crippen molar-refractivity contribution >= 4 is 11.8 Å². The van der Waals surface area contributed by atoms with E-state index in [0.29, 0.717) is 5.69 Å². The van der Waals surface area contributed by atoms with Gasteiger partial charge in [-0.2, -0.15) is 5.10 Å². The van der Waals surface area contributed by atoms with E-state index in [-0.39, 0.29) is 12.3 Å². The Kier molecular flexibility index (Phi) is 3.52. The maximum atomic E-state index is 13.8. The number of nitrogens with one attached hydrogen (secondary N) is 1. The summed E-state index contributed by atoms with van der Waals surface area (Å²) in [6.45, 7) is 1.94. The highest BCUT2D eigenvalue weighted by Gasteiger charge is 2.08. The highest BCUT2D eigenvalue weighted by Crippen LogP contribution is 2.17. The van der Waals surface area contributed by atoms with Crippen LogP contribution in [0.1, 0.15) is 6.92 Å². The first-order valence-electron chi connectivity index (χ1n) is 5.29. The summed E-state index contributed by atoms with van der Waals surface area (Å²) >= 11 is 0. The van der Waals surface area contributed by atoms with E-state index in [0.717, 1.165) is 0 Å². The number of aromatic nitrogens is 3. The van der Waals surface area contributed by atoms with Crippen LogP contribution in [-0.2, 0) is 4.74 Å². The van der Waals surface area contributed by atoms with Crippen molar-refractivity contribution < 1.29 is 13.9 Å². The van der Waals surface area contributed by atoms with Gasteiger partial charge >= 0.3 is 6.09 Å². The molecule has 2 aromatic rings. The lowest BCUT2D eigenvalue weighted by atomic mass is 10.2. The third-order valence-electron chi connectivity index (χ3n) is 2.14. The van der Waals surface area contributed by atoms with E-state index in [2.05, 4.69) is 20.1 Å². The van der Waals surface area contributed by atoms with E-state index in [4.69, 9.17) is 0 Å². The van der Waals surface area contributed by atoms with Gasteiger partial charge in [0, 0.05) is 5.69 Å². The third kappa shape index (κ3) is 2.62. The largest absolute Gasteiger partial charge is 0.450 e. The molecule has 0 radical (unpaired) electrons. The third-order valence-corrected chi connectivity index (χ3v) is 2.14. The number of anilines is 1. The molecule has 0 aliphatic rings. The van der Waals surface area contributed by atoms with Crippen molar-refractivity contribution in [2.24, 2.45) is 0 Å². The zero-order chi connectivity index (χ0) is 13.0. The van der Waals surface area contributed by atoms with Crippen molar-refractivity contribution in [3.8, 4) is 5.69 Å². The Labute approximate surface area is 102 Å². The van der Waals surface area contributed by atoms with Gasteiger partial charge in [-0.25, -0.2) is 18.9 Å². The van der Waals surface area contributed by atoms with Crippen molar-refractivity contribution in [2.45, 2.75) is 6.92 Å². The van der Waals surface area contributed by atoms with Crippen LogP contribution in [0, 0.1) is 5.82 Å². The topological polar surface area (TPSA) is 69.0 Å². The number of benzene rings is 1. The first-order valence-corrected chi connectivity index (χ1v) is 5.29. The fraction of sp³-hybridized carbons (Fsp3) is 0.182. The van der Waals surface area contributed by atoms with Gasteiger partial charge in [-0.15, -0.1) is 0 Å². The minimum Gasteiger partial charge on any atom is -0.450 e. The zero-order valence-corrected chi connectivity index (χ0v) is 9.63. The SMILES string of the molecule is CCOC(=O)Nc1ccc(-n2cncn2)c(F)c1. The first kappa shape index (κ1) is 12.0. The predicted octanol–water partition coefficient (Wildman–Crippen LogP) is 1.97. The molecule has 0 unspecified atom stereocenters. The van der Waals surface area contributed by atoms with Crippen molar-refractivity contribution in [3.63, 3.8) is 0 Å². The number of rotatable bonds is 3. The average Bonchev–Trinajstić information content (AvgIpc) is 2.82. The van der Waals surface area contributed by atoms with E-state index in [1.54, 1.807) is 13.0 Å². The highest BCUT2D eigenvalue weighted by atomic mass is 19.1. The van der Waals surface area contributed by atoms with Crippen LogP contribution in [0.3, 0.4) is 0 Å². The first-order chi connectivity index (χ1) is 8.70. The van der Waals surface area contributed by atoms with E-state index in [9.17, 15) is 9.18 Å². The minimum atomic E-state index is -0.620.